The Bertz CT molecular complexity index is 1240. The normalized spacial score (nSPS) is 14.1. The number of cyclic esters (lactones) is 1. The number of benzene rings is 3. The minimum atomic E-state index is -0.525. The molecule has 3 aromatic carbocycles. The van der Waals surface area contributed by atoms with Crippen molar-refractivity contribution in [3.05, 3.63) is 101 Å². The van der Waals surface area contributed by atoms with Crippen LogP contribution in [0.15, 0.2) is 83.5 Å². The van der Waals surface area contributed by atoms with E-state index in [4.69, 9.17) is 14.2 Å². The maximum atomic E-state index is 12.4. The minimum Gasteiger partial charge on any atom is -0.490 e. The fourth-order valence-electron chi connectivity index (χ4n) is 3.36. The zero-order valence-corrected chi connectivity index (χ0v) is 18.4. The second kappa shape index (κ2) is 9.96. The van der Waals surface area contributed by atoms with Crippen molar-refractivity contribution in [1.82, 2.24) is 0 Å². The third kappa shape index (κ3) is 5.54. The molecule has 4 rings (SSSR count). The van der Waals surface area contributed by atoms with Gasteiger partial charge in [0, 0.05) is 5.56 Å². The molecule has 1 heterocycles. The summed E-state index contributed by atoms with van der Waals surface area (Å²) in [7, 11) is 0. The number of rotatable bonds is 7. The molecule has 0 radical (unpaired) electrons. The lowest BCUT2D eigenvalue weighted by Crippen LogP contribution is -2.12. The van der Waals surface area contributed by atoms with Crippen LogP contribution in [-0.2, 0) is 20.7 Å². The quantitative estimate of drug-likeness (QED) is 0.297. The molecule has 0 aromatic heterocycles. The van der Waals surface area contributed by atoms with Crippen molar-refractivity contribution in [2.45, 2.75) is 20.3 Å². The summed E-state index contributed by atoms with van der Waals surface area (Å²) in [4.78, 5) is 29.1. The van der Waals surface area contributed by atoms with Crippen LogP contribution in [0.4, 0.5) is 0 Å². The van der Waals surface area contributed by atoms with Crippen LogP contribution in [0.1, 0.15) is 29.2 Å². The molecule has 1 aliphatic heterocycles. The maximum absolute atomic E-state index is 12.4. The Morgan fingerprint density at radius 1 is 1.00 bits per heavy atom. The van der Waals surface area contributed by atoms with E-state index in [1.807, 2.05) is 68.4 Å². The van der Waals surface area contributed by atoms with Gasteiger partial charge >= 0.3 is 11.9 Å². The van der Waals surface area contributed by atoms with Crippen LogP contribution in [-0.4, -0.2) is 24.4 Å². The Morgan fingerprint density at radius 2 is 1.82 bits per heavy atom. The van der Waals surface area contributed by atoms with Gasteiger partial charge in [0.05, 0.1) is 13.0 Å². The van der Waals surface area contributed by atoms with E-state index in [0.717, 1.165) is 16.7 Å². The summed E-state index contributed by atoms with van der Waals surface area (Å²) in [6, 6.07) is 22.0. The number of aliphatic imine (C=N–C) groups is 1. The SMILES string of the molecule is CCOc1cc(/C=C2\N=C(c3cccc(C)c3)OC2=O)ccc1OC(=O)Cc1ccccc1. The predicted molar refractivity (Wildman–Crippen MR) is 125 cm³/mol. The van der Waals surface area contributed by atoms with Crippen LogP contribution in [0.25, 0.3) is 6.08 Å². The molecule has 0 amide bonds. The van der Waals surface area contributed by atoms with Crippen LogP contribution >= 0.6 is 0 Å². The van der Waals surface area contributed by atoms with Crippen molar-refractivity contribution in [3.8, 4) is 11.5 Å². The minimum absolute atomic E-state index is 0.153. The molecule has 166 valence electrons. The van der Waals surface area contributed by atoms with Gasteiger partial charge in [-0.3, -0.25) is 4.79 Å². The molecule has 33 heavy (non-hydrogen) atoms. The number of esters is 2. The van der Waals surface area contributed by atoms with Crippen molar-refractivity contribution >= 4 is 23.9 Å². The highest BCUT2D eigenvalue weighted by atomic mass is 16.6. The monoisotopic (exact) mass is 441 g/mol. The Balaban J connectivity index is 1.55. The van der Waals surface area contributed by atoms with E-state index in [1.165, 1.54) is 0 Å². The van der Waals surface area contributed by atoms with Crippen molar-refractivity contribution in [1.29, 1.82) is 0 Å². The van der Waals surface area contributed by atoms with E-state index < -0.39 is 5.97 Å². The first-order valence-electron chi connectivity index (χ1n) is 10.6. The van der Waals surface area contributed by atoms with Gasteiger partial charge in [-0.2, -0.15) is 0 Å². The highest BCUT2D eigenvalue weighted by Gasteiger charge is 2.24. The summed E-state index contributed by atoms with van der Waals surface area (Å²) in [5.41, 5.74) is 3.50. The van der Waals surface area contributed by atoms with Gasteiger partial charge in [-0.1, -0.05) is 54.1 Å². The van der Waals surface area contributed by atoms with Crippen molar-refractivity contribution in [2.24, 2.45) is 4.99 Å². The average molecular weight is 441 g/mol. The van der Waals surface area contributed by atoms with Crippen molar-refractivity contribution in [2.75, 3.05) is 6.61 Å². The van der Waals surface area contributed by atoms with Crippen LogP contribution in [0.5, 0.6) is 11.5 Å². The lowest BCUT2D eigenvalue weighted by Gasteiger charge is -2.11. The van der Waals surface area contributed by atoms with Gasteiger partial charge in [-0.15, -0.1) is 0 Å². The van der Waals surface area contributed by atoms with Crippen molar-refractivity contribution < 1.29 is 23.8 Å². The first kappa shape index (κ1) is 22.0. The highest BCUT2D eigenvalue weighted by molar-refractivity contribution is 6.12. The molecule has 1 aliphatic rings. The predicted octanol–water partition coefficient (Wildman–Crippen LogP) is 4.89. The van der Waals surface area contributed by atoms with E-state index in [1.54, 1.807) is 24.3 Å². The Hall–Kier alpha value is -4.19. The average Bonchev–Trinajstić information content (AvgIpc) is 3.16. The Labute approximate surface area is 192 Å². The number of carbonyl (C=O) groups is 2. The lowest BCUT2D eigenvalue weighted by atomic mass is 10.1. The molecule has 0 saturated heterocycles. The largest absolute Gasteiger partial charge is 0.490 e. The number of carbonyl (C=O) groups excluding carboxylic acids is 2. The third-order valence-corrected chi connectivity index (χ3v) is 4.87. The zero-order chi connectivity index (χ0) is 23.2. The molecular weight excluding hydrogens is 418 g/mol. The standard InChI is InChI=1S/C27H23NO5/c1-3-31-24-16-20(12-13-23(24)32-25(29)17-19-9-5-4-6-10-19)15-22-27(30)33-26(28-22)21-11-7-8-18(2)14-21/h4-16H,3,17H2,1-2H3/b22-15-. The van der Waals surface area contributed by atoms with Gasteiger partial charge in [0.15, 0.2) is 17.2 Å². The van der Waals surface area contributed by atoms with E-state index in [-0.39, 0.29) is 24.0 Å². The summed E-state index contributed by atoms with van der Waals surface area (Å²) in [5, 5.41) is 0. The first-order chi connectivity index (χ1) is 16.0. The fraction of sp³-hybridized carbons (Fsp3) is 0.148. The summed E-state index contributed by atoms with van der Waals surface area (Å²) in [6.07, 6.45) is 1.77. The van der Waals surface area contributed by atoms with Crippen LogP contribution in [0.2, 0.25) is 0 Å². The highest BCUT2D eigenvalue weighted by Crippen LogP contribution is 2.30. The van der Waals surface area contributed by atoms with Crippen LogP contribution in [0.3, 0.4) is 0 Å². The molecule has 6 heteroatoms. The molecule has 6 nitrogen and oxygen atoms in total. The summed E-state index contributed by atoms with van der Waals surface area (Å²) < 4.78 is 16.5. The van der Waals surface area contributed by atoms with Gasteiger partial charge in [-0.25, -0.2) is 9.79 Å². The van der Waals surface area contributed by atoms with Crippen molar-refractivity contribution in [3.63, 3.8) is 0 Å². The summed E-state index contributed by atoms with van der Waals surface area (Å²) in [6.45, 7) is 4.19. The summed E-state index contributed by atoms with van der Waals surface area (Å²) >= 11 is 0. The molecule has 0 spiro atoms. The molecule has 0 atom stereocenters. The molecule has 0 fully saturated rings. The molecule has 0 saturated carbocycles. The third-order valence-electron chi connectivity index (χ3n) is 4.87. The molecular formula is C27H23NO5. The van der Waals surface area contributed by atoms with Gasteiger partial charge in [0.25, 0.3) is 0 Å². The summed E-state index contributed by atoms with van der Waals surface area (Å²) in [5.74, 6) is 0.0784. The second-order valence-corrected chi connectivity index (χ2v) is 7.48. The first-order valence-corrected chi connectivity index (χ1v) is 10.6. The molecule has 0 bridgehead atoms. The van der Waals surface area contributed by atoms with Crippen LogP contribution in [0, 0.1) is 6.92 Å². The zero-order valence-electron chi connectivity index (χ0n) is 18.4. The second-order valence-electron chi connectivity index (χ2n) is 7.48. The van der Waals surface area contributed by atoms with E-state index >= 15 is 0 Å². The molecule has 3 aromatic rings. The molecule has 0 N–H and O–H groups in total. The lowest BCUT2D eigenvalue weighted by molar-refractivity contribution is -0.133. The Kier molecular flexibility index (Phi) is 6.64. The fourth-order valence-corrected chi connectivity index (χ4v) is 3.36. The number of hydrogen-bond acceptors (Lipinski definition) is 6. The van der Waals surface area contributed by atoms with E-state index in [9.17, 15) is 9.59 Å². The number of hydrogen-bond donors (Lipinski definition) is 0. The van der Waals surface area contributed by atoms with Gasteiger partial charge in [0.1, 0.15) is 0 Å². The van der Waals surface area contributed by atoms with Crippen LogP contribution < -0.4 is 9.47 Å². The van der Waals surface area contributed by atoms with E-state index in [2.05, 4.69) is 4.99 Å². The number of ether oxygens (including phenoxy) is 3. The topological polar surface area (TPSA) is 74.2 Å². The molecule has 0 aliphatic carbocycles. The number of aryl methyl sites for hydroxylation is 1. The van der Waals surface area contributed by atoms with Gasteiger partial charge < -0.3 is 14.2 Å². The van der Waals surface area contributed by atoms with Gasteiger partial charge in [-0.05, 0) is 55.3 Å². The maximum Gasteiger partial charge on any atom is 0.363 e. The Morgan fingerprint density at radius 3 is 2.58 bits per heavy atom. The van der Waals surface area contributed by atoms with E-state index in [0.29, 0.717) is 23.7 Å². The molecule has 0 unspecified atom stereocenters. The smallest absolute Gasteiger partial charge is 0.363 e. The van der Waals surface area contributed by atoms with Gasteiger partial charge in [0.2, 0.25) is 5.90 Å². The number of nitrogens with zero attached hydrogens (tertiary/aromatic N) is 1.